The molecular weight excluding hydrogens is 147 g/mol. The minimum atomic E-state index is -0.630. The summed E-state index contributed by atoms with van der Waals surface area (Å²) in [6, 6.07) is 0. The molecule has 1 nitrogen and oxygen atoms in total. The van der Waals surface area contributed by atoms with E-state index in [1.807, 2.05) is 6.92 Å². The monoisotopic (exact) mass is 156 g/mol. The molecule has 0 radical (unpaired) electrons. The van der Waals surface area contributed by atoms with Gasteiger partial charge in [0.1, 0.15) is 5.56 Å². The van der Waals surface area contributed by atoms with Crippen LogP contribution in [0.3, 0.4) is 0 Å². The summed E-state index contributed by atoms with van der Waals surface area (Å²) in [7, 11) is 0. The van der Waals surface area contributed by atoms with Crippen LogP contribution in [0.5, 0.6) is 0 Å². The van der Waals surface area contributed by atoms with Crippen LogP contribution in [0.2, 0.25) is 0 Å². The van der Waals surface area contributed by atoms with Gasteiger partial charge in [-0.1, -0.05) is 24.9 Å². The third-order valence-electron chi connectivity index (χ3n) is 0.527. The van der Waals surface area contributed by atoms with E-state index in [1.165, 1.54) is 0 Å². The zero-order valence-electron chi connectivity index (χ0n) is 4.32. The molecule has 3 heteroatoms. The van der Waals surface area contributed by atoms with Crippen molar-refractivity contribution in [2.75, 3.05) is 0 Å². The second-order valence-electron chi connectivity index (χ2n) is 1.22. The molecule has 0 aromatic carbocycles. The number of aliphatic hydroxyl groups is 1. The van der Waals surface area contributed by atoms with Crippen LogP contribution >= 0.6 is 11.6 Å². The molecule has 1 N–H and O–H groups in total. The number of alkyl halides is 1. The minimum Gasteiger partial charge on any atom is -0.378 e. The Morgan fingerprint density at radius 3 is 2.14 bits per heavy atom. The largest absolute Gasteiger partial charge is 0.378 e. The van der Waals surface area contributed by atoms with Gasteiger partial charge in [0, 0.05) is 21.7 Å². The van der Waals surface area contributed by atoms with Gasteiger partial charge >= 0.3 is 0 Å². The second kappa shape index (κ2) is 6.96. The third-order valence-corrected chi connectivity index (χ3v) is 0.745. The molecule has 0 aromatic heterocycles. The Balaban J connectivity index is 0. The molecule has 0 saturated carbocycles. The van der Waals surface area contributed by atoms with Crippen molar-refractivity contribution in [3.63, 3.8) is 0 Å². The topological polar surface area (TPSA) is 20.2 Å². The normalized spacial score (nSPS) is 12.4. The van der Waals surface area contributed by atoms with Gasteiger partial charge in [-0.3, -0.25) is 0 Å². The van der Waals surface area contributed by atoms with Gasteiger partial charge in [0.25, 0.3) is 0 Å². The number of rotatable bonds is 2. The molecule has 0 rings (SSSR count). The van der Waals surface area contributed by atoms with Gasteiger partial charge in [0.05, 0.1) is 0 Å². The first kappa shape index (κ1) is 10.9. The van der Waals surface area contributed by atoms with Crippen LogP contribution in [0.1, 0.15) is 19.8 Å². The van der Waals surface area contributed by atoms with Crippen molar-refractivity contribution in [1.82, 2.24) is 0 Å². The minimum absolute atomic E-state index is 0. The fourth-order valence-electron chi connectivity index (χ4n) is 0.238. The van der Waals surface area contributed by atoms with Crippen molar-refractivity contribution in [2.45, 2.75) is 25.3 Å². The molecule has 1 unspecified atom stereocenters. The molecule has 42 valence electrons. The summed E-state index contributed by atoms with van der Waals surface area (Å²) in [5.41, 5.74) is -0.630. The second-order valence-corrected chi connectivity index (χ2v) is 1.73. The fourth-order valence-corrected chi connectivity index (χ4v) is 0.456. The molecule has 0 aliphatic carbocycles. The molecule has 0 amide bonds. The van der Waals surface area contributed by atoms with Crippen LogP contribution in [0.15, 0.2) is 0 Å². The van der Waals surface area contributed by atoms with E-state index in [4.69, 9.17) is 16.7 Å². The van der Waals surface area contributed by atoms with Gasteiger partial charge in [-0.15, -0.1) is 0 Å². The quantitative estimate of drug-likeness (QED) is 0.473. The maximum absolute atomic E-state index is 8.32. The summed E-state index contributed by atoms with van der Waals surface area (Å²) in [6.07, 6.45) is 1.65. The summed E-state index contributed by atoms with van der Waals surface area (Å²) in [5.74, 6) is 0. The molecule has 0 saturated heterocycles. The van der Waals surface area contributed by atoms with Crippen molar-refractivity contribution in [3.8, 4) is 0 Å². The standard InChI is InChI=1S/C4H9ClO.Ti/c1-2-3-4(5)6;/h4,6H,2-3H2,1H3;. The van der Waals surface area contributed by atoms with Crippen molar-refractivity contribution in [2.24, 2.45) is 0 Å². The van der Waals surface area contributed by atoms with Crippen LogP contribution < -0.4 is 0 Å². The average molecular weight is 156 g/mol. The smallest absolute Gasteiger partial charge is 0.128 e. The zero-order valence-corrected chi connectivity index (χ0v) is 6.63. The molecule has 0 spiro atoms. The average Bonchev–Trinajstić information content (AvgIpc) is 1.35. The van der Waals surface area contributed by atoms with E-state index in [2.05, 4.69) is 0 Å². The summed E-state index contributed by atoms with van der Waals surface area (Å²) >= 11 is 5.13. The van der Waals surface area contributed by atoms with Gasteiger partial charge < -0.3 is 5.11 Å². The van der Waals surface area contributed by atoms with Crippen molar-refractivity contribution < 1.29 is 26.8 Å². The summed E-state index contributed by atoms with van der Waals surface area (Å²) in [6.45, 7) is 1.98. The molecule has 0 aromatic rings. The molecule has 0 fully saturated rings. The van der Waals surface area contributed by atoms with Gasteiger partial charge in [-0.05, 0) is 6.42 Å². The predicted octanol–water partition coefficient (Wildman–Crippen LogP) is 1.34. The van der Waals surface area contributed by atoms with E-state index in [0.29, 0.717) is 6.42 Å². The number of hydrogen-bond donors (Lipinski definition) is 1. The van der Waals surface area contributed by atoms with Gasteiger partial charge in [0.2, 0.25) is 0 Å². The van der Waals surface area contributed by atoms with Crippen LogP contribution in [0.25, 0.3) is 0 Å². The number of hydrogen-bond acceptors (Lipinski definition) is 1. The maximum atomic E-state index is 8.32. The van der Waals surface area contributed by atoms with E-state index in [1.54, 1.807) is 0 Å². The SMILES string of the molecule is CCCC(O)Cl.[Ti]. The van der Waals surface area contributed by atoms with E-state index in [0.717, 1.165) is 6.42 Å². The first-order valence-corrected chi connectivity index (χ1v) is 2.53. The maximum Gasteiger partial charge on any atom is 0.128 e. The number of halogens is 1. The molecule has 0 bridgehead atoms. The van der Waals surface area contributed by atoms with Crippen molar-refractivity contribution in [3.05, 3.63) is 0 Å². The summed E-state index contributed by atoms with van der Waals surface area (Å²) in [4.78, 5) is 0. The van der Waals surface area contributed by atoms with E-state index in [-0.39, 0.29) is 21.7 Å². The van der Waals surface area contributed by atoms with Crippen LogP contribution in [0, 0.1) is 0 Å². The van der Waals surface area contributed by atoms with Gasteiger partial charge in [0.15, 0.2) is 0 Å². The molecule has 0 aliphatic rings. The molecular formula is C4H9ClOTi. The summed E-state index contributed by atoms with van der Waals surface area (Å²) in [5, 5.41) is 8.32. The Morgan fingerprint density at radius 2 is 2.14 bits per heavy atom. The fraction of sp³-hybridized carbons (Fsp3) is 1.00. The Hall–Kier alpha value is 0.964. The first-order valence-electron chi connectivity index (χ1n) is 2.09. The zero-order chi connectivity index (χ0) is 4.99. The predicted molar refractivity (Wildman–Crippen MR) is 26.8 cm³/mol. The third kappa shape index (κ3) is 10.9. The Labute approximate surface area is 63.9 Å². The number of aliphatic hydroxyl groups excluding tert-OH is 1. The van der Waals surface area contributed by atoms with Crippen LogP contribution in [0.4, 0.5) is 0 Å². The van der Waals surface area contributed by atoms with Gasteiger partial charge in [-0.2, -0.15) is 0 Å². The molecule has 1 atom stereocenters. The molecule has 0 aliphatic heterocycles. The Bertz CT molecular complexity index is 32.9. The Morgan fingerprint density at radius 1 is 1.71 bits per heavy atom. The summed E-state index contributed by atoms with van der Waals surface area (Å²) < 4.78 is 0. The van der Waals surface area contributed by atoms with Crippen molar-refractivity contribution in [1.29, 1.82) is 0 Å². The first-order chi connectivity index (χ1) is 2.77. The van der Waals surface area contributed by atoms with Crippen molar-refractivity contribution >= 4 is 11.6 Å². The molecule has 7 heavy (non-hydrogen) atoms. The van der Waals surface area contributed by atoms with Crippen LogP contribution in [-0.2, 0) is 21.7 Å². The molecule has 0 heterocycles. The van der Waals surface area contributed by atoms with E-state index >= 15 is 0 Å². The van der Waals surface area contributed by atoms with E-state index < -0.39 is 5.56 Å². The van der Waals surface area contributed by atoms with Crippen LogP contribution in [-0.4, -0.2) is 10.7 Å². The van der Waals surface area contributed by atoms with Gasteiger partial charge in [-0.25, -0.2) is 0 Å². The Kier molecular flexibility index (Phi) is 10.8. The van der Waals surface area contributed by atoms with E-state index in [9.17, 15) is 0 Å².